The van der Waals surface area contributed by atoms with E-state index in [1.165, 1.54) is 10.9 Å². The van der Waals surface area contributed by atoms with E-state index in [0.717, 1.165) is 23.1 Å². The molecule has 0 fully saturated rings. The summed E-state index contributed by atoms with van der Waals surface area (Å²) in [6.07, 6.45) is 3.76. The highest BCUT2D eigenvalue weighted by Crippen LogP contribution is 2.25. The molecule has 2 aromatic heterocycles. The van der Waals surface area contributed by atoms with Crippen LogP contribution in [0.5, 0.6) is 0 Å². The molecule has 2 aromatic carbocycles. The summed E-state index contributed by atoms with van der Waals surface area (Å²) in [4.78, 5) is 29.4. The number of aromatic nitrogens is 3. The monoisotopic (exact) mass is 388 g/mol. The Morgan fingerprint density at radius 3 is 2.69 bits per heavy atom. The maximum Gasteiger partial charge on any atom is 0.261 e. The molecule has 0 saturated carbocycles. The SMILES string of the molecule is CC(C)Cn1ccc2c(NC(=O)CCn3cnc4ccccc4c3=O)cccc21. The van der Waals surface area contributed by atoms with Crippen LogP contribution in [0.2, 0.25) is 0 Å². The highest BCUT2D eigenvalue weighted by atomic mass is 16.2. The number of anilines is 1. The lowest BCUT2D eigenvalue weighted by atomic mass is 10.2. The Labute approximate surface area is 168 Å². The van der Waals surface area contributed by atoms with E-state index in [9.17, 15) is 9.59 Å². The third-order valence-corrected chi connectivity index (χ3v) is 4.96. The molecule has 0 aliphatic rings. The molecule has 0 bridgehead atoms. The van der Waals surface area contributed by atoms with Crippen LogP contribution in [0.1, 0.15) is 20.3 Å². The smallest absolute Gasteiger partial charge is 0.261 e. The molecule has 2 heterocycles. The fourth-order valence-corrected chi connectivity index (χ4v) is 3.59. The van der Waals surface area contributed by atoms with Crippen molar-refractivity contribution in [3.05, 3.63) is 71.4 Å². The molecule has 0 spiro atoms. The third-order valence-electron chi connectivity index (χ3n) is 4.96. The molecule has 0 unspecified atom stereocenters. The van der Waals surface area contributed by atoms with Gasteiger partial charge in [0.25, 0.3) is 5.56 Å². The molecular formula is C23H24N4O2. The molecule has 1 amide bonds. The number of fused-ring (bicyclic) bond motifs is 2. The van der Waals surface area contributed by atoms with Crippen molar-refractivity contribution < 1.29 is 4.79 Å². The van der Waals surface area contributed by atoms with Crippen molar-refractivity contribution in [1.82, 2.24) is 14.1 Å². The number of rotatable bonds is 6. The van der Waals surface area contributed by atoms with Crippen LogP contribution in [0.25, 0.3) is 21.8 Å². The summed E-state index contributed by atoms with van der Waals surface area (Å²) < 4.78 is 3.69. The first-order chi connectivity index (χ1) is 14.0. The lowest BCUT2D eigenvalue weighted by molar-refractivity contribution is -0.116. The van der Waals surface area contributed by atoms with Crippen LogP contribution in [0.3, 0.4) is 0 Å². The van der Waals surface area contributed by atoms with E-state index in [-0.39, 0.29) is 24.4 Å². The minimum Gasteiger partial charge on any atom is -0.347 e. The molecule has 1 N–H and O–H groups in total. The van der Waals surface area contributed by atoms with Crippen molar-refractivity contribution in [2.75, 3.05) is 5.32 Å². The van der Waals surface area contributed by atoms with Crippen LogP contribution < -0.4 is 10.9 Å². The standard InChI is InChI=1S/C23H24N4O2/c1-16(2)14-26-12-10-17-20(8-5-9-21(17)26)25-22(28)11-13-27-15-24-19-7-4-3-6-18(19)23(27)29/h3-10,12,15-16H,11,13-14H2,1-2H3,(H,25,28). The largest absolute Gasteiger partial charge is 0.347 e. The summed E-state index contributed by atoms with van der Waals surface area (Å²) >= 11 is 0. The van der Waals surface area contributed by atoms with Gasteiger partial charge in [-0.3, -0.25) is 14.2 Å². The number of aryl methyl sites for hydroxylation is 1. The molecule has 4 aromatic rings. The average molecular weight is 388 g/mol. The Morgan fingerprint density at radius 1 is 1.03 bits per heavy atom. The summed E-state index contributed by atoms with van der Waals surface area (Å²) in [5.74, 6) is 0.409. The lowest BCUT2D eigenvalue weighted by Gasteiger charge is -2.11. The van der Waals surface area contributed by atoms with E-state index < -0.39 is 0 Å². The highest BCUT2D eigenvalue weighted by Gasteiger charge is 2.10. The molecule has 29 heavy (non-hydrogen) atoms. The molecule has 0 atom stereocenters. The number of carbonyl (C=O) groups is 1. The molecule has 0 aliphatic heterocycles. The average Bonchev–Trinajstić information content (AvgIpc) is 3.11. The Morgan fingerprint density at radius 2 is 1.86 bits per heavy atom. The second kappa shape index (κ2) is 7.91. The van der Waals surface area contributed by atoms with Crippen LogP contribution in [-0.2, 0) is 17.9 Å². The Kier molecular flexibility index (Phi) is 5.16. The van der Waals surface area contributed by atoms with Gasteiger partial charge in [-0.2, -0.15) is 0 Å². The number of amides is 1. The maximum absolute atomic E-state index is 12.6. The van der Waals surface area contributed by atoms with Gasteiger partial charge in [-0.1, -0.05) is 32.0 Å². The molecule has 6 nitrogen and oxygen atoms in total. The van der Waals surface area contributed by atoms with Crippen molar-refractivity contribution >= 4 is 33.4 Å². The van der Waals surface area contributed by atoms with Gasteiger partial charge in [0.2, 0.25) is 5.91 Å². The fourth-order valence-electron chi connectivity index (χ4n) is 3.59. The zero-order valence-corrected chi connectivity index (χ0v) is 16.6. The summed E-state index contributed by atoms with van der Waals surface area (Å²) in [6, 6.07) is 15.2. The number of hydrogen-bond donors (Lipinski definition) is 1. The second-order valence-corrected chi connectivity index (χ2v) is 7.66. The number of nitrogens with one attached hydrogen (secondary N) is 1. The van der Waals surface area contributed by atoms with Gasteiger partial charge in [0.05, 0.1) is 28.4 Å². The summed E-state index contributed by atoms with van der Waals surface area (Å²) in [5.41, 5.74) is 2.43. The molecule has 6 heteroatoms. The van der Waals surface area contributed by atoms with Gasteiger partial charge in [0.15, 0.2) is 0 Å². The van der Waals surface area contributed by atoms with Gasteiger partial charge in [0, 0.05) is 31.1 Å². The molecule has 148 valence electrons. The van der Waals surface area contributed by atoms with Crippen LogP contribution in [0.15, 0.2) is 65.8 Å². The molecule has 4 rings (SSSR count). The van der Waals surface area contributed by atoms with Gasteiger partial charge in [-0.05, 0) is 36.2 Å². The van der Waals surface area contributed by atoms with Crippen molar-refractivity contribution in [1.29, 1.82) is 0 Å². The normalized spacial score (nSPS) is 11.4. The van der Waals surface area contributed by atoms with Crippen LogP contribution in [-0.4, -0.2) is 20.0 Å². The van der Waals surface area contributed by atoms with Crippen LogP contribution >= 0.6 is 0 Å². The van der Waals surface area contributed by atoms with E-state index in [1.807, 2.05) is 30.3 Å². The van der Waals surface area contributed by atoms with Crippen LogP contribution in [0, 0.1) is 5.92 Å². The first-order valence-corrected chi connectivity index (χ1v) is 9.85. The highest BCUT2D eigenvalue weighted by molar-refractivity contribution is 6.01. The number of carbonyl (C=O) groups excluding carboxylic acids is 1. The van der Waals surface area contributed by atoms with E-state index in [0.29, 0.717) is 16.8 Å². The first kappa shape index (κ1) is 18.9. The summed E-state index contributed by atoms with van der Waals surface area (Å²) in [6.45, 7) is 5.58. The van der Waals surface area contributed by atoms with Crippen LogP contribution in [0.4, 0.5) is 5.69 Å². The Balaban J connectivity index is 1.49. The Bertz CT molecular complexity index is 1240. The van der Waals surface area contributed by atoms with Crippen molar-refractivity contribution in [3.63, 3.8) is 0 Å². The summed E-state index contributed by atoms with van der Waals surface area (Å²) in [5, 5.41) is 4.57. The number of benzene rings is 2. The fraction of sp³-hybridized carbons (Fsp3) is 0.261. The number of hydrogen-bond acceptors (Lipinski definition) is 3. The zero-order chi connectivity index (χ0) is 20.4. The maximum atomic E-state index is 12.6. The van der Waals surface area contributed by atoms with Gasteiger partial charge in [-0.15, -0.1) is 0 Å². The van der Waals surface area contributed by atoms with Gasteiger partial charge >= 0.3 is 0 Å². The van der Waals surface area contributed by atoms with E-state index in [1.54, 1.807) is 12.1 Å². The summed E-state index contributed by atoms with van der Waals surface area (Å²) in [7, 11) is 0. The zero-order valence-electron chi connectivity index (χ0n) is 16.6. The predicted molar refractivity (Wildman–Crippen MR) is 116 cm³/mol. The van der Waals surface area contributed by atoms with Gasteiger partial charge in [-0.25, -0.2) is 4.98 Å². The van der Waals surface area contributed by atoms with Gasteiger partial charge in [0.1, 0.15) is 0 Å². The van der Waals surface area contributed by atoms with Crippen molar-refractivity contribution in [2.45, 2.75) is 33.4 Å². The lowest BCUT2D eigenvalue weighted by Crippen LogP contribution is -2.23. The molecule has 0 aliphatic carbocycles. The topological polar surface area (TPSA) is 68.9 Å². The minimum absolute atomic E-state index is 0.128. The molecular weight excluding hydrogens is 364 g/mol. The quantitative estimate of drug-likeness (QED) is 0.542. The second-order valence-electron chi connectivity index (χ2n) is 7.66. The van der Waals surface area contributed by atoms with E-state index in [4.69, 9.17) is 0 Å². The van der Waals surface area contributed by atoms with Crippen molar-refractivity contribution in [2.24, 2.45) is 5.92 Å². The molecule has 0 saturated heterocycles. The first-order valence-electron chi connectivity index (χ1n) is 9.85. The molecule has 0 radical (unpaired) electrons. The number of nitrogens with zero attached hydrogens (tertiary/aromatic N) is 3. The van der Waals surface area contributed by atoms with E-state index >= 15 is 0 Å². The Hall–Kier alpha value is -3.41. The van der Waals surface area contributed by atoms with E-state index in [2.05, 4.69) is 41.0 Å². The number of para-hydroxylation sites is 1. The van der Waals surface area contributed by atoms with Gasteiger partial charge < -0.3 is 9.88 Å². The van der Waals surface area contributed by atoms with Crippen molar-refractivity contribution in [3.8, 4) is 0 Å². The predicted octanol–water partition coefficient (Wildman–Crippen LogP) is 4.04. The minimum atomic E-state index is -0.130. The third kappa shape index (κ3) is 3.92.